The van der Waals surface area contributed by atoms with E-state index in [1.54, 1.807) is 18.3 Å². The molecule has 3 unspecified atom stereocenters. The average molecular weight is 440 g/mol. The lowest BCUT2D eigenvalue weighted by molar-refractivity contribution is -0.0264. The molecule has 1 fully saturated rings. The lowest BCUT2D eigenvalue weighted by Gasteiger charge is -2.26. The second-order valence-electron chi connectivity index (χ2n) is 6.53. The molecule has 10 heteroatoms. The number of nitrogens with one attached hydrogen (secondary N) is 1. The molecule has 2 aliphatic rings. The Morgan fingerprint density at radius 1 is 1.31 bits per heavy atom. The number of benzene rings is 1. The standard InChI is InChI=1S/C17H19N2O6PS.C2H6/c1-11-2-4-14-12(8-11)9-22-26(21,25-14)23-10-13-3-5-16(24-13)19-7-6-15(27)18-17(19)20;1-2/h2,4,6-8,13,16H,3,5,9-10H2,1H3,(H,18,20,27);1-2H3. The highest BCUT2D eigenvalue weighted by Crippen LogP contribution is 2.54. The van der Waals surface area contributed by atoms with Crippen molar-refractivity contribution < 1.29 is 22.9 Å². The van der Waals surface area contributed by atoms with Crippen molar-refractivity contribution in [1.82, 2.24) is 9.55 Å². The molecule has 2 aliphatic heterocycles. The van der Waals surface area contributed by atoms with Gasteiger partial charge in [0, 0.05) is 11.8 Å². The van der Waals surface area contributed by atoms with E-state index in [0.717, 1.165) is 11.1 Å². The van der Waals surface area contributed by atoms with E-state index < -0.39 is 14.1 Å². The molecular formula is C19H25N2O6PS. The van der Waals surface area contributed by atoms with Crippen molar-refractivity contribution >= 4 is 20.0 Å². The van der Waals surface area contributed by atoms with E-state index in [2.05, 4.69) is 4.98 Å². The lowest BCUT2D eigenvalue weighted by Crippen LogP contribution is -2.27. The molecule has 1 aromatic carbocycles. The maximum Gasteiger partial charge on any atom is 0.530 e. The van der Waals surface area contributed by atoms with Crippen LogP contribution in [0.2, 0.25) is 0 Å². The van der Waals surface area contributed by atoms with E-state index in [4.69, 9.17) is 30.5 Å². The van der Waals surface area contributed by atoms with Crippen molar-refractivity contribution in [2.24, 2.45) is 0 Å². The minimum absolute atomic E-state index is 0.0482. The minimum atomic E-state index is -3.69. The molecule has 0 amide bonds. The van der Waals surface area contributed by atoms with Gasteiger partial charge >= 0.3 is 13.5 Å². The fourth-order valence-corrected chi connectivity index (χ4v) is 4.50. The number of aromatic amines is 1. The van der Waals surface area contributed by atoms with Gasteiger partial charge in [-0.3, -0.25) is 18.6 Å². The molecule has 29 heavy (non-hydrogen) atoms. The van der Waals surface area contributed by atoms with Gasteiger partial charge in [0.25, 0.3) is 0 Å². The number of ether oxygens (including phenoxy) is 1. The summed E-state index contributed by atoms with van der Waals surface area (Å²) < 4.78 is 36.6. The first-order valence-corrected chi connectivity index (χ1v) is 11.4. The SMILES string of the molecule is CC.Cc1ccc2c(c1)COP(=O)(OCC1CCC(n3ccc(=S)[nH]c3=O)O1)O2. The minimum Gasteiger partial charge on any atom is -0.404 e. The Labute approximate surface area is 174 Å². The topological polar surface area (TPSA) is 91.8 Å². The Morgan fingerprint density at radius 2 is 2.10 bits per heavy atom. The van der Waals surface area contributed by atoms with Gasteiger partial charge < -0.3 is 9.26 Å². The van der Waals surface area contributed by atoms with Crippen molar-refractivity contribution in [3.8, 4) is 5.75 Å². The second-order valence-corrected chi connectivity index (χ2v) is 8.56. The van der Waals surface area contributed by atoms with E-state index in [-0.39, 0.29) is 25.0 Å². The van der Waals surface area contributed by atoms with Gasteiger partial charge in [-0.25, -0.2) is 9.36 Å². The predicted molar refractivity (Wildman–Crippen MR) is 111 cm³/mol. The normalized spacial score (nSPS) is 25.5. The Hall–Kier alpha value is -1.77. The Balaban J connectivity index is 0.00000117. The van der Waals surface area contributed by atoms with Gasteiger partial charge in [0.1, 0.15) is 16.6 Å². The number of aromatic nitrogens is 2. The second kappa shape index (κ2) is 9.36. The van der Waals surface area contributed by atoms with E-state index in [1.807, 2.05) is 32.9 Å². The Bertz CT molecular complexity index is 1020. The molecular weight excluding hydrogens is 415 g/mol. The van der Waals surface area contributed by atoms with Crippen molar-refractivity contribution in [2.75, 3.05) is 6.61 Å². The van der Waals surface area contributed by atoms with Crippen LogP contribution in [-0.4, -0.2) is 22.3 Å². The molecule has 4 rings (SSSR count). The summed E-state index contributed by atoms with van der Waals surface area (Å²) >= 11 is 4.93. The smallest absolute Gasteiger partial charge is 0.404 e. The summed E-state index contributed by atoms with van der Waals surface area (Å²) in [6, 6.07) is 7.19. The molecule has 3 atom stereocenters. The van der Waals surface area contributed by atoms with Gasteiger partial charge in [0.15, 0.2) is 0 Å². The van der Waals surface area contributed by atoms with Crippen LogP contribution in [0.1, 0.15) is 44.0 Å². The average Bonchev–Trinajstić information content (AvgIpc) is 3.17. The number of rotatable bonds is 4. The largest absolute Gasteiger partial charge is 0.530 e. The summed E-state index contributed by atoms with van der Waals surface area (Å²) in [5, 5.41) is 0. The highest BCUT2D eigenvalue weighted by molar-refractivity contribution is 7.71. The van der Waals surface area contributed by atoms with Crippen LogP contribution >= 0.6 is 20.0 Å². The van der Waals surface area contributed by atoms with E-state index >= 15 is 0 Å². The van der Waals surface area contributed by atoms with Crippen molar-refractivity contribution in [3.63, 3.8) is 0 Å². The maximum atomic E-state index is 12.7. The molecule has 0 radical (unpaired) electrons. The van der Waals surface area contributed by atoms with E-state index in [1.165, 1.54) is 4.57 Å². The van der Waals surface area contributed by atoms with Crippen LogP contribution in [0.3, 0.4) is 0 Å². The summed E-state index contributed by atoms with van der Waals surface area (Å²) in [5.41, 5.74) is 1.58. The van der Waals surface area contributed by atoms with Crippen LogP contribution in [0.25, 0.3) is 0 Å². The molecule has 0 bridgehead atoms. The summed E-state index contributed by atoms with van der Waals surface area (Å²) in [6.45, 7) is 6.18. The molecule has 2 aromatic rings. The third kappa shape index (κ3) is 5.24. The molecule has 1 aromatic heterocycles. The third-order valence-corrected chi connectivity index (χ3v) is 6.04. The predicted octanol–water partition coefficient (Wildman–Crippen LogP) is 4.65. The number of aryl methyl sites for hydroxylation is 1. The number of H-pyrrole nitrogens is 1. The fourth-order valence-electron chi connectivity index (χ4n) is 3.11. The number of nitrogens with zero attached hydrogens (tertiary/aromatic N) is 1. The summed E-state index contributed by atoms with van der Waals surface area (Å²) in [5.74, 6) is 0.506. The lowest BCUT2D eigenvalue weighted by atomic mass is 10.1. The molecule has 1 saturated heterocycles. The number of phosphoric acid groups is 1. The monoisotopic (exact) mass is 440 g/mol. The summed E-state index contributed by atoms with van der Waals surface area (Å²) in [7, 11) is -3.69. The third-order valence-electron chi connectivity index (χ3n) is 4.47. The molecule has 1 N–H and O–H groups in total. The van der Waals surface area contributed by atoms with E-state index in [9.17, 15) is 9.36 Å². The number of hydrogen-bond acceptors (Lipinski definition) is 7. The molecule has 0 spiro atoms. The van der Waals surface area contributed by atoms with Crippen molar-refractivity contribution in [3.05, 3.63) is 56.7 Å². The van der Waals surface area contributed by atoms with Gasteiger partial charge in [-0.2, -0.15) is 0 Å². The first-order valence-electron chi connectivity index (χ1n) is 9.57. The van der Waals surface area contributed by atoms with Gasteiger partial charge in [-0.1, -0.05) is 43.8 Å². The van der Waals surface area contributed by atoms with Crippen LogP contribution < -0.4 is 10.2 Å². The van der Waals surface area contributed by atoms with Crippen LogP contribution in [-0.2, 0) is 25.0 Å². The highest BCUT2D eigenvalue weighted by Gasteiger charge is 2.36. The number of hydrogen-bond donors (Lipinski definition) is 1. The maximum absolute atomic E-state index is 12.7. The van der Waals surface area contributed by atoms with E-state index in [0.29, 0.717) is 23.2 Å². The molecule has 3 heterocycles. The van der Waals surface area contributed by atoms with Crippen LogP contribution in [0.5, 0.6) is 5.75 Å². The zero-order valence-electron chi connectivity index (χ0n) is 16.6. The van der Waals surface area contributed by atoms with Gasteiger partial charge in [0.05, 0.1) is 19.3 Å². The van der Waals surface area contributed by atoms with Gasteiger partial charge in [-0.05, 0) is 31.9 Å². The molecule has 0 saturated carbocycles. The zero-order valence-corrected chi connectivity index (χ0v) is 18.3. The van der Waals surface area contributed by atoms with Crippen LogP contribution in [0, 0.1) is 11.6 Å². The Morgan fingerprint density at radius 3 is 2.86 bits per heavy atom. The van der Waals surface area contributed by atoms with Crippen molar-refractivity contribution in [2.45, 2.75) is 52.6 Å². The fraction of sp³-hybridized carbons (Fsp3) is 0.474. The molecule has 158 valence electrons. The Kier molecular flexibility index (Phi) is 7.08. The highest BCUT2D eigenvalue weighted by atomic mass is 32.1. The van der Waals surface area contributed by atoms with Crippen LogP contribution in [0.15, 0.2) is 35.3 Å². The van der Waals surface area contributed by atoms with Crippen LogP contribution in [0.4, 0.5) is 0 Å². The summed E-state index contributed by atoms with van der Waals surface area (Å²) in [4.78, 5) is 14.5. The zero-order chi connectivity index (χ0) is 21.0. The van der Waals surface area contributed by atoms with Gasteiger partial charge in [0.2, 0.25) is 0 Å². The van der Waals surface area contributed by atoms with Crippen molar-refractivity contribution in [1.29, 1.82) is 0 Å². The number of fused-ring (bicyclic) bond motifs is 1. The van der Waals surface area contributed by atoms with Gasteiger partial charge in [-0.15, -0.1) is 0 Å². The quantitative estimate of drug-likeness (QED) is 0.546. The number of phosphoric ester groups is 1. The molecule has 0 aliphatic carbocycles. The first-order chi connectivity index (χ1) is 13.9. The first kappa shape index (κ1) is 21.9. The summed E-state index contributed by atoms with van der Waals surface area (Å²) in [6.07, 6.45) is 2.15. The molecule has 8 nitrogen and oxygen atoms in total.